The molecular formula is C14H21N3O4. The van der Waals surface area contributed by atoms with Crippen LogP contribution in [-0.2, 0) is 4.74 Å². The molecule has 116 valence electrons. The van der Waals surface area contributed by atoms with Gasteiger partial charge in [0.05, 0.1) is 31.3 Å². The van der Waals surface area contributed by atoms with E-state index in [2.05, 4.69) is 10.2 Å². The topological polar surface area (TPSA) is 76.9 Å². The number of morpholine rings is 1. The first-order valence-electron chi connectivity index (χ1n) is 6.99. The Morgan fingerprint density at radius 2 is 2.19 bits per heavy atom. The van der Waals surface area contributed by atoms with Gasteiger partial charge in [-0.25, -0.2) is 0 Å². The Morgan fingerprint density at radius 3 is 2.81 bits per heavy atom. The van der Waals surface area contributed by atoms with Crippen LogP contribution in [-0.4, -0.2) is 55.8 Å². The fourth-order valence-electron chi connectivity index (χ4n) is 2.39. The highest BCUT2D eigenvalue weighted by molar-refractivity contribution is 5.64. The molecule has 0 aliphatic carbocycles. The Hall–Kier alpha value is -1.86. The van der Waals surface area contributed by atoms with E-state index < -0.39 is 4.92 Å². The smallest absolute Gasteiger partial charge is 0.296 e. The molecule has 0 bridgehead atoms. The molecule has 0 aromatic heterocycles. The Bertz CT molecular complexity index is 489. The lowest BCUT2D eigenvalue weighted by molar-refractivity contribution is -0.384. The third-order valence-electron chi connectivity index (χ3n) is 3.44. The van der Waals surface area contributed by atoms with E-state index in [4.69, 9.17) is 9.47 Å². The molecule has 0 amide bonds. The second-order valence-corrected chi connectivity index (χ2v) is 5.10. The van der Waals surface area contributed by atoms with E-state index in [0.29, 0.717) is 11.4 Å². The molecule has 0 spiro atoms. The van der Waals surface area contributed by atoms with E-state index in [0.717, 1.165) is 32.8 Å². The summed E-state index contributed by atoms with van der Waals surface area (Å²) in [5, 5.41) is 14.4. The van der Waals surface area contributed by atoms with E-state index >= 15 is 0 Å². The average Bonchev–Trinajstić information content (AvgIpc) is 2.48. The second kappa shape index (κ2) is 7.24. The molecule has 7 heteroatoms. The lowest BCUT2D eigenvalue weighted by Crippen LogP contribution is -2.42. The number of benzene rings is 1. The Labute approximate surface area is 124 Å². The molecule has 1 saturated heterocycles. The predicted molar refractivity (Wildman–Crippen MR) is 80.0 cm³/mol. The zero-order chi connectivity index (χ0) is 15.2. The number of nitro benzene ring substituents is 1. The van der Waals surface area contributed by atoms with Gasteiger partial charge < -0.3 is 14.8 Å². The monoisotopic (exact) mass is 295 g/mol. The molecule has 1 fully saturated rings. The third kappa shape index (κ3) is 4.30. The van der Waals surface area contributed by atoms with Gasteiger partial charge in [0.15, 0.2) is 0 Å². The number of anilines is 1. The van der Waals surface area contributed by atoms with Gasteiger partial charge in [0.2, 0.25) is 0 Å². The minimum atomic E-state index is -0.397. The first kappa shape index (κ1) is 15.5. The molecule has 1 aromatic rings. The Morgan fingerprint density at radius 1 is 1.48 bits per heavy atom. The quantitative estimate of drug-likeness (QED) is 0.636. The van der Waals surface area contributed by atoms with Gasteiger partial charge in [-0.05, 0) is 19.1 Å². The zero-order valence-electron chi connectivity index (χ0n) is 12.4. The van der Waals surface area contributed by atoms with Crippen LogP contribution >= 0.6 is 0 Å². The van der Waals surface area contributed by atoms with E-state index in [-0.39, 0.29) is 11.7 Å². The summed E-state index contributed by atoms with van der Waals surface area (Å²) in [5.41, 5.74) is 0.546. The van der Waals surface area contributed by atoms with Crippen LogP contribution in [0.2, 0.25) is 0 Å². The van der Waals surface area contributed by atoms with Gasteiger partial charge in [-0.15, -0.1) is 0 Å². The zero-order valence-corrected chi connectivity index (χ0v) is 12.4. The number of nitro groups is 1. The highest BCUT2D eigenvalue weighted by Gasteiger charge is 2.19. The number of rotatable bonds is 6. The Kier molecular flexibility index (Phi) is 5.35. The number of methoxy groups -OCH3 is 1. The third-order valence-corrected chi connectivity index (χ3v) is 3.44. The summed E-state index contributed by atoms with van der Waals surface area (Å²) in [6, 6.07) is 4.95. The molecule has 7 nitrogen and oxygen atoms in total. The first-order valence-corrected chi connectivity index (χ1v) is 6.99. The summed E-state index contributed by atoms with van der Waals surface area (Å²) in [6.45, 7) is 6.13. The molecule has 1 aliphatic rings. The lowest BCUT2D eigenvalue weighted by atomic mass is 10.2. The van der Waals surface area contributed by atoms with Crippen LogP contribution in [0.4, 0.5) is 11.4 Å². The molecule has 0 radical (unpaired) electrons. The number of nitrogens with one attached hydrogen (secondary N) is 1. The van der Waals surface area contributed by atoms with E-state index in [1.165, 1.54) is 13.2 Å². The molecule has 0 saturated carbocycles. The van der Waals surface area contributed by atoms with Crippen molar-refractivity contribution in [2.75, 3.05) is 45.3 Å². The van der Waals surface area contributed by atoms with Crippen molar-refractivity contribution in [3.63, 3.8) is 0 Å². The number of ether oxygens (including phenoxy) is 2. The van der Waals surface area contributed by atoms with Crippen LogP contribution in [0.25, 0.3) is 0 Å². The molecule has 1 aliphatic heterocycles. The van der Waals surface area contributed by atoms with Crippen molar-refractivity contribution in [2.45, 2.75) is 13.0 Å². The van der Waals surface area contributed by atoms with Crippen LogP contribution in [0.1, 0.15) is 6.92 Å². The predicted octanol–water partition coefficient (Wildman–Crippen LogP) is 1.74. The van der Waals surface area contributed by atoms with Gasteiger partial charge in [-0.2, -0.15) is 0 Å². The van der Waals surface area contributed by atoms with Crippen LogP contribution in [0, 0.1) is 10.1 Å². The van der Waals surface area contributed by atoms with Crippen LogP contribution in [0.5, 0.6) is 5.75 Å². The maximum atomic E-state index is 11.1. The summed E-state index contributed by atoms with van der Waals surface area (Å²) in [4.78, 5) is 13.0. The SMILES string of the molecule is COc1ccc(NC(C)CN2CCOCC2)c([N+](=O)[O-])c1. The number of nitrogens with zero attached hydrogens (tertiary/aromatic N) is 2. The summed E-state index contributed by atoms with van der Waals surface area (Å²) in [6.07, 6.45) is 0. The normalized spacial score (nSPS) is 17.2. The van der Waals surface area contributed by atoms with Gasteiger partial charge in [0.1, 0.15) is 11.4 Å². The van der Waals surface area contributed by atoms with Gasteiger partial charge in [0.25, 0.3) is 5.69 Å². The molecule has 1 N–H and O–H groups in total. The van der Waals surface area contributed by atoms with Gasteiger partial charge in [0, 0.05) is 25.7 Å². The molecule has 1 unspecified atom stereocenters. The van der Waals surface area contributed by atoms with Crippen LogP contribution in [0.3, 0.4) is 0 Å². The van der Waals surface area contributed by atoms with Crippen molar-refractivity contribution >= 4 is 11.4 Å². The van der Waals surface area contributed by atoms with Crippen LogP contribution in [0.15, 0.2) is 18.2 Å². The minimum Gasteiger partial charge on any atom is -0.496 e. The molecule has 2 rings (SSSR count). The number of hydrogen-bond donors (Lipinski definition) is 1. The molecule has 21 heavy (non-hydrogen) atoms. The van der Waals surface area contributed by atoms with Crippen LogP contribution < -0.4 is 10.1 Å². The fraction of sp³-hybridized carbons (Fsp3) is 0.571. The number of hydrogen-bond acceptors (Lipinski definition) is 6. The van der Waals surface area contributed by atoms with Crippen molar-refractivity contribution in [2.24, 2.45) is 0 Å². The van der Waals surface area contributed by atoms with Gasteiger partial charge in [-0.1, -0.05) is 0 Å². The molecular weight excluding hydrogens is 274 g/mol. The van der Waals surface area contributed by atoms with Crippen molar-refractivity contribution in [3.8, 4) is 5.75 Å². The summed E-state index contributed by atoms with van der Waals surface area (Å²) >= 11 is 0. The average molecular weight is 295 g/mol. The van der Waals surface area contributed by atoms with Crippen molar-refractivity contribution in [3.05, 3.63) is 28.3 Å². The standard InChI is InChI=1S/C14H21N3O4/c1-11(10-16-5-7-21-8-6-16)15-13-4-3-12(20-2)9-14(13)17(18)19/h3-4,9,11,15H,5-8,10H2,1-2H3. The van der Waals surface area contributed by atoms with Crippen molar-refractivity contribution in [1.82, 2.24) is 4.90 Å². The largest absolute Gasteiger partial charge is 0.496 e. The van der Waals surface area contributed by atoms with E-state index in [1.807, 2.05) is 6.92 Å². The summed E-state index contributed by atoms with van der Waals surface area (Å²) in [7, 11) is 1.49. The summed E-state index contributed by atoms with van der Waals surface area (Å²) in [5.74, 6) is 0.480. The highest BCUT2D eigenvalue weighted by atomic mass is 16.6. The second-order valence-electron chi connectivity index (χ2n) is 5.10. The van der Waals surface area contributed by atoms with Crippen molar-refractivity contribution in [1.29, 1.82) is 0 Å². The van der Waals surface area contributed by atoms with Gasteiger partial charge in [-0.3, -0.25) is 15.0 Å². The molecule has 1 atom stereocenters. The maximum Gasteiger partial charge on any atom is 0.296 e. The first-order chi connectivity index (χ1) is 10.1. The van der Waals surface area contributed by atoms with Crippen molar-refractivity contribution < 1.29 is 14.4 Å². The minimum absolute atomic E-state index is 0.0307. The summed E-state index contributed by atoms with van der Waals surface area (Å²) < 4.78 is 10.3. The molecule has 1 heterocycles. The highest BCUT2D eigenvalue weighted by Crippen LogP contribution is 2.29. The Balaban J connectivity index is 2.02. The van der Waals surface area contributed by atoms with Gasteiger partial charge >= 0.3 is 0 Å². The van der Waals surface area contributed by atoms with E-state index in [1.54, 1.807) is 12.1 Å². The molecule has 1 aromatic carbocycles. The van der Waals surface area contributed by atoms with E-state index in [9.17, 15) is 10.1 Å². The fourth-order valence-corrected chi connectivity index (χ4v) is 2.39. The maximum absolute atomic E-state index is 11.1. The lowest BCUT2D eigenvalue weighted by Gasteiger charge is -2.29.